The summed E-state index contributed by atoms with van der Waals surface area (Å²) in [7, 11) is 0. The number of ether oxygens (including phenoxy) is 3. The highest BCUT2D eigenvalue weighted by atomic mass is 16.7. The molecule has 5 heteroatoms. The summed E-state index contributed by atoms with van der Waals surface area (Å²) < 4.78 is 15.3. The van der Waals surface area contributed by atoms with Crippen LogP contribution in [0.2, 0.25) is 0 Å². The minimum atomic E-state index is -1.18. The molecule has 2 aliphatic heterocycles. The maximum atomic E-state index is 10.5. The van der Waals surface area contributed by atoms with Crippen LogP contribution in [0.5, 0.6) is 11.5 Å². The zero-order valence-electron chi connectivity index (χ0n) is 7.64. The van der Waals surface area contributed by atoms with Crippen LogP contribution in [-0.2, 0) is 9.53 Å². The molecule has 0 aliphatic carbocycles. The van der Waals surface area contributed by atoms with E-state index in [2.05, 4.69) is 0 Å². The standard InChI is InChI=1S/C10H8O5/c11-10(12)9-8(15-9)5-1-2-6-7(3-5)14-4-13-6/h1-3,8-9H,4H2,(H,11,12)/p-1. The van der Waals surface area contributed by atoms with Crippen molar-refractivity contribution in [3.8, 4) is 11.5 Å². The van der Waals surface area contributed by atoms with Crippen LogP contribution < -0.4 is 14.6 Å². The molecule has 1 aromatic rings. The first-order chi connectivity index (χ1) is 7.25. The Hall–Kier alpha value is -1.75. The van der Waals surface area contributed by atoms with E-state index in [0.29, 0.717) is 11.5 Å². The molecule has 15 heavy (non-hydrogen) atoms. The summed E-state index contributed by atoms with van der Waals surface area (Å²) in [6.07, 6.45) is -1.24. The smallest absolute Gasteiger partial charge is 0.231 e. The van der Waals surface area contributed by atoms with Crippen LogP contribution in [0.3, 0.4) is 0 Å². The van der Waals surface area contributed by atoms with E-state index in [-0.39, 0.29) is 6.79 Å². The number of carboxylic acid groups (broad SMARTS) is 1. The second-order valence-electron chi connectivity index (χ2n) is 3.41. The topological polar surface area (TPSA) is 71.1 Å². The molecule has 0 radical (unpaired) electrons. The Balaban J connectivity index is 1.86. The number of hydrogen-bond acceptors (Lipinski definition) is 5. The van der Waals surface area contributed by atoms with Gasteiger partial charge in [0.2, 0.25) is 6.79 Å². The van der Waals surface area contributed by atoms with Gasteiger partial charge in [-0.2, -0.15) is 0 Å². The molecule has 0 spiro atoms. The number of benzene rings is 1. The number of fused-ring (bicyclic) bond motifs is 1. The van der Waals surface area contributed by atoms with Gasteiger partial charge >= 0.3 is 0 Å². The zero-order valence-corrected chi connectivity index (χ0v) is 7.64. The normalized spacial score (nSPS) is 26.4. The van der Waals surface area contributed by atoms with E-state index in [9.17, 15) is 9.90 Å². The van der Waals surface area contributed by atoms with Crippen LogP contribution in [0.15, 0.2) is 18.2 Å². The van der Waals surface area contributed by atoms with E-state index in [1.165, 1.54) is 0 Å². The molecule has 78 valence electrons. The lowest BCUT2D eigenvalue weighted by Gasteiger charge is -1.99. The average molecular weight is 207 g/mol. The summed E-state index contributed by atoms with van der Waals surface area (Å²) in [5.41, 5.74) is 0.772. The summed E-state index contributed by atoms with van der Waals surface area (Å²) >= 11 is 0. The molecule has 0 bridgehead atoms. The van der Waals surface area contributed by atoms with Crippen LogP contribution in [0.4, 0.5) is 0 Å². The van der Waals surface area contributed by atoms with Gasteiger partial charge in [0.1, 0.15) is 12.2 Å². The number of epoxide rings is 1. The second kappa shape index (κ2) is 2.87. The first kappa shape index (κ1) is 8.55. The molecule has 0 N–H and O–H groups in total. The van der Waals surface area contributed by atoms with Crippen LogP contribution in [-0.4, -0.2) is 18.9 Å². The lowest BCUT2D eigenvalue weighted by Crippen LogP contribution is -2.28. The molecule has 0 saturated carbocycles. The number of carbonyl (C=O) groups is 1. The third kappa shape index (κ3) is 1.32. The van der Waals surface area contributed by atoms with Gasteiger partial charge in [0.05, 0.1) is 5.97 Å². The van der Waals surface area contributed by atoms with Crippen molar-refractivity contribution in [3.63, 3.8) is 0 Å². The predicted octanol–water partition coefficient (Wildman–Crippen LogP) is -0.395. The highest BCUT2D eigenvalue weighted by Gasteiger charge is 2.41. The third-order valence-electron chi connectivity index (χ3n) is 2.45. The SMILES string of the molecule is O=C([O-])C1OC1c1ccc2c(c1)OCO2. The quantitative estimate of drug-likeness (QED) is 0.617. The van der Waals surface area contributed by atoms with Crippen LogP contribution in [0, 0.1) is 0 Å². The van der Waals surface area contributed by atoms with Gasteiger partial charge in [-0.25, -0.2) is 0 Å². The average Bonchev–Trinajstić information content (AvgIpc) is 2.89. The van der Waals surface area contributed by atoms with Crippen molar-refractivity contribution >= 4 is 5.97 Å². The summed E-state index contributed by atoms with van der Waals surface area (Å²) in [6.45, 7) is 0.203. The molecule has 2 unspecified atom stereocenters. The van der Waals surface area contributed by atoms with Crippen molar-refractivity contribution in [3.05, 3.63) is 23.8 Å². The van der Waals surface area contributed by atoms with E-state index in [1.54, 1.807) is 18.2 Å². The molecule has 0 amide bonds. The maximum Gasteiger partial charge on any atom is 0.231 e. The van der Waals surface area contributed by atoms with Gasteiger partial charge in [0, 0.05) is 0 Å². The molecule has 2 aliphatic rings. The molecule has 2 heterocycles. The molecule has 0 aromatic heterocycles. The molecule has 5 nitrogen and oxygen atoms in total. The molecule has 3 rings (SSSR count). The fraction of sp³-hybridized carbons (Fsp3) is 0.300. The lowest BCUT2D eigenvalue weighted by molar-refractivity contribution is -0.307. The minimum Gasteiger partial charge on any atom is -0.547 e. The second-order valence-corrected chi connectivity index (χ2v) is 3.41. The van der Waals surface area contributed by atoms with Crippen molar-refractivity contribution in [2.45, 2.75) is 12.2 Å². The number of carboxylic acids is 1. The summed E-state index contributed by atoms with van der Waals surface area (Å²) in [6, 6.07) is 5.24. The van der Waals surface area contributed by atoms with Crippen molar-refractivity contribution in [1.82, 2.24) is 0 Å². The summed E-state index contributed by atoms with van der Waals surface area (Å²) in [5, 5.41) is 10.5. The Morgan fingerprint density at radius 1 is 1.33 bits per heavy atom. The largest absolute Gasteiger partial charge is 0.547 e. The zero-order chi connectivity index (χ0) is 10.4. The number of hydrogen-bond donors (Lipinski definition) is 0. The first-order valence-corrected chi connectivity index (χ1v) is 4.51. The maximum absolute atomic E-state index is 10.5. The van der Waals surface area contributed by atoms with E-state index in [4.69, 9.17) is 14.2 Å². The highest BCUT2D eigenvalue weighted by Crippen LogP contribution is 2.42. The summed E-state index contributed by atoms with van der Waals surface area (Å²) in [5.74, 6) is 0.113. The third-order valence-corrected chi connectivity index (χ3v) is 2.45. The van der Waals surface area contributed by atoms with E-state index in [0.717, 1.165) is 5.56 Å². The summed E-state index contributed by atoms with van der Waals surface area (Å²) in [4.78, 5) is 10.5. The van der Waals surface area contributed by atoms with Crippen molar-refractivity contribution < 1.29 is 24.1 Å². The fourth-order valence-electron chi connectivity index (χ4n) is 1.64. The van der Waals surface area contributed by atoms with Crippen molar-refractivity contribution in [1.29, 1.82) is 0 Å². The van der Waals surface area contributed by atoms with Gasteiger partial charge in [0.25, 0.3) is 0 Å². The first-order valence-electron chi connectivity index (χ1n) is 4.51. The minimum absolute atomic E-state index is 0.203. The van der Waals surface area contributed by atoms with Gasteiger partial charge in [-0.05, 0) is 17.7 Å². The Kier molecular flexibility index (Phi) is 1.63. The van der Waals surface area contributed by atoms with Gasteiger partial charge in [0.15, 0.2) is 11.5 Å². The Morgan fingerprint density at radius 2 is 2.13 bits per heavy atom. The number of aliphatic carboxylic acids is 1. The Labute approximate surface area is 85.2 Å². The Bertz CT molecular complexity index is 428. The van der Waals surface area contributed by atoms with Gasteiger partial charge < -0.3 is 24.1 Å². The van der Waals surface area contributed by atoms with Crippen LogP contribution in [0.1, 0.15) is 11.7 Å². The van der Waals surface area contributed by atoms with Crippen LogP contribution in [0.25, 0.3) is 0 Å². The van der Waals surface area contributed by atoms with Gasteiger partial charge in [-0.15, -0.1) is 0 Å². The molecule has 2 atom stereocenters. The molecular formula is C10H7O5-. The van der Waals surface area contributed by atoms with E-state index >= 15 is 0 Å². The van der Waals surface area contributed by atoms with Gasteiger partial charge in [-0.1, -0.05) is 6.07 Å². The molecule has 1 fully saturated rings. The Morgan fingerprint density at radius 3 is 2.87 bits per heavy atom. The van der Waals surface area contributed by atoms with Crippen molar-refractivity contribution in [2.75, 3.05) is 6.79 Å². The molecule has 1 aromatic carbocycles. The fourth-order valence-corrected chi connectivity index (χ4v) is 1.64. The molecule has 1 saturated heterocycles. The highest BCUT2D eigenvalue weighted by molar-refractivity contribution is 5.74. The predicted molar refractivity (Wildman–Crippen MR) is 45.2 cm³/mol. The van der Waals surface area contributed by atoms with Crippen molar-refractivity contribution in [2.24, 2.45) is 0 Å². The van der Waals surface area contributed by atoms with E-state index in [1.807, 2.05) is 0 Å². The number of rotatable bonds is 2. The van der Waals surface area contributed by atoms with E-state index < -0.39 is 18.2 Å². The van der Waals surface area contributed by atoms with Crippen LogP contribution >= 0.6 is 0 Å². The monoisotopic (exact) mass is 207 g/mol. The van der Waals surface area contributed by atoms with Gasteiger partial charge in [-0.3, -0.25) is 0 Å². The lowest BCUT2D eigenvalue weighted by atomic mass is 10.1. The number of carbonyl (C=O) groups excluding carboxylic acids is 1. The molecular weight excluding hydrogens is 200 g/mol.